The van der Waals surface area contributed by atoms with E-state index in [2.05, 4.69) is 16.0 Å². The number of benzene rings is 3. The summed E-state index contributed by atoms with van der Waals surface area (Å²) in [7, 11) is 0. The second kappa shape index (κ2) is 7.85. The zero-order valence-corrected chi connectivity index (χ0v) is 13.8. The Morgan fingerprint density at radius 2 is 1.23 bits per heavy atom. The molecule has 0 bridgehead atoms. The Morgan fingerprint density at radius 1 is 0.654 bits per heavy atom. The van der Waals surface area contributed by atoms with E-state index in [0.29, 0.717) is 17.1 Å². The summed E-state index contributed by atoms with van der Waals surface area (Å²) in [6.45, 7) is 0. The molecule has 0 aliphatic carbocycles. The number of anilines is 3. The van der Waals surface area contributed by atoms with Crippen molar-refractivity contribution < 1.29 is 14.7 Å². The van der Waals surface area contributed by atoms with Crippen molar-refractivity contribution in [1.29, 1.82) is 0 Å². The topological polar surface area (TPSA) is 90.5 Å². The summed E-state index contributed by atoms with van der Waals surface area (Å²) in [5.74, 6) is -0.532. The van der Waals surface area contributed by atoms with E-state index in [9.17, 15) is 14.7 Å². The Kier molecular flexibility index (Phi) is 5.14. The fourth-order valence-corrected chi connectivity index (χ4v) is 2.35. The molecule has 0 radical (unpaired) electrons. The Hall–Kier alpha value is -3.80. The smallest absolute Gasteiger partial charge is 0.323 e. The van der Waals surface area contributed by atoms with Gasteiger partial charge in [-0.3, -0.25) is 4.79 Å². The minimum atomic E-state index is -0.436. The monoisotopic (exact) mass is 347 g/mol. The number of urea groups is 1. The van der Waals surface area contributed by atoms with Crippen LogP contribution in [-0.2, 0) is 0 Å². The molecule has 3 aromatic rings. The van der Waals surface area contributed by atoms with Crippen LogP contribution >= 0.6 is 0 Å². The van der Waals surface area contributed by atoms with Gasteiger partial charge in [0.25, 0.3) is 5.91 Å². The number of nitrogens with one attached hydrogen (secondary N) is 3. The molecule has 6 heteroatoms. The van der Waals surface area contributed by atoms with Gasteiger partial charge in [0.05, 0.1) is 5.56 Å². The maximum atomic E-state index is 12.2. The van der Waals surface area contributed by atoms with E-state index in [-0.39, 0.29) is 17.3 Å². The van der Waals surface area contributed by atoms with Crippen molar-refractivity contribution in [3.63, 3.8) is 0 Å². The first kappa shape index (κ1) is 17.0. The van der Waals surface area contributed by atoms with Crippen molar-refractivity contribution in [2.75, 3.05) is 16.0 Å². The van der Waals surface area contributed by atoms with Crippen molar-refractivity contribution in [2.24, 2.45) is 0 Å². The minimum absolute atomic E-state index is 0.0958. The third-order valence-corrected chi connectivity index (χ3v) is 3.56. The molecule has 0 atom stereocenters. The van der Waals surface area contributed by atoms with Gasteiger partial charge in [-0.1, -0.05) is 36.4 Å². The van der Waals surface area contributed by atoms with Crippen molar-refractivity contribution >= 4 is 29.0 Å². The number of phenols is 1. The van der Waals surface area contributed by atoms with Crippen molar-refractivity contribution in [3.8, 4) is 5.75 Å². The summed E-state index contributed by atoms with van der Waals surface area (Å²) >= 11 is 0. The highest BCUT2D eigenvalue weighted by atomic mass is 16.3. The van der Waals surface area contributed by atoms with Crippen LogP contribution < -0.4 is 16.0 Å². The molecule has 0 saturated carbocycles. The third-order valence-electron chi connectivity index (χ3n) is 3.56. The van der Waals surface area contributed by atoms with Gasteiger partial charge < -0.3 is 21.1 Å². The van der Waals surface area contributed by atoms with Gasteiger partial charge in [0.2, 0.25) is 0 Å². The minimum Gasteiger partial charge on any atom is -0.507 e. The van der Waals surface area contributed by atoms with Crippen LogP contribution in [0, 0.1) is 0 Å². The van der Waals surface area contributed by atoms with Gasteiger partial charge in [-0.15, -0.1) is 0 Å². The number of carbonyl (C=O) groups is 2. The SMILES string of the molecule is O=C(Nc1ccccc1)Nc1cccc(NC(=O)c2ccccc2O)c1. The maximum Gasteiger partial charge on any atom is 0.323 e. The van der Waals surface area contributed by atoms with Crippen molar-refractivity contribution in [2.45, 2.75) is 0 Å². The molecule has 0 fully saturated rings. The number of aromatic hydroxyl groups is 1. The molecule has 0 saturated heterocycles. The molecule has 3 aromatic carbocycles. The second-order valence-electron chi connectivity index (χ2n) is 5.50. The summed E-state index contributed by atoms with van der Waals surface area (Å²) < 4.78 is 0. The molecular weight excluding hydrogens is 330 g/mol. The number of para-hydroxylation sites is 2. The van der Waals surface area contributed by atoms with Gasteiger partial charge in [0, 0.05) is 17.1 Å². The van der Waals surface area contributed by atoms with Crippen molar-refractivity contribution in [3.05, 3.63) is 84.4 Å². The molecule has 3 rings (SSSR count). The summed E-state index contributed by atoms with van der Waals surface area (Å²) in [5.41, 5.74) is 1.87. The highest BCUT2D eigenvalue weighted by Gasteiger charge is 2.11. The predicted molar refractivity (Wildman–Crippen MR) is 102 cm³/mol. The summed E-state index contributed by atoms with van der Waals surface area (Å²) in [5, 5.41) is 17.9. The van der Waals surface area contributed by atoms with E-state index in [4.69, 9.17) is 0 Å². The number of carbonyl (C=O) groups excluding carboxylic acids is 2. The largest absolute Gasteiger partial charge is 0.507 e. The molecule has 0 unspecified atom stereocenters. The maximum absolute atomic E-state index is 12.2. The van der Waals surface area contributed by atoms with Gasteiger partial charge in [0.15, 0.2) is 0 Å². The van der Waals surface area contributed by atoms with Gasteiger partial charge in [0.1, 0.15) is 5.75 Å². The molecule has 0 spiro atoms. The second-order valence-corrected chi connectivity index (χ2v) is 5.50. The fraction of sp³-hybridized carbons (Fsp3) is 0. The van der Waals surface area contributed by atoms with E-state index in [1.807, 2.05) is 18.2 Å². The van der Waals surface area contributed by atoms with Crippen LogP contribution in [0.25, 0.3) is 0 Å². The normalized spacial score (nSPS) is 10.0. The molecule has 26 heavy (non-hydrogen) atoms. The zero-order valence-electron chi connectivity index (χ0n) is 13.8. The first-order chi connectivity index (χ1) is 12.6. The highest BCUT2D eigenvalue weighted by molar-refractivity contribution is 6.06. The van der Waals surface area contributed by atoms with E-state index in [1.165, 1.54) is 12.1 Å². The molecule has 0 heterocycles. The van der Waals surface area contributed by atoms with Gasteiger partial charge in [-0.2, -0.15) is 0 Å². The average molecular weight is 347 g/mol. The molecule has 3 amide bonds. The molecule has 6 nitrogen and oxygen atoms in total. The third kappa shape index (κ3) is 4.39. The van der Waals surface area contributed by atoms with Gasteiger partial charge >= 0.3 is 6.03 Å². The summed E-state index contributed by atoms with van der Waals surface area (Å²) in [4.78, 5) is 24.3. The molecule has 4 N–H and O–H groups in total. The number of rotatable bonds is 4. The number of hydrogen-bond acceptors (Lipinski definition) is 3. The zero-order chi connectivity index (χ0) is 18.4. The lowest BCUT2D eigenvalue weighted by atomic mass is 10.2. The number of hydrogen-bond donors (Lipinski definition) is 4. The van der Waals surface area contributed by atoms with E-state index in [0.717, 1.165) is 0 Å². The molecule has 130 valence electrons. The van der Waals surface area contributed by atoms with Crippen LogP contribution in [0.1, 0.15) is 10.4 Å². The molecule has 0 aromatic heterocycles. The van der Waals surface area contributed by atoms with Crippen LogP contribution in [0.15, 0.2) is 78.9 Å². The Bertz CT molecular complexity index is 926. The van der Waals surface area contributed by atoms with Crippen LogP contribution in [0.2, 0.25) is 0 Å². The lowest BCUT2D eigenvalue weighted by Crippen LogP contribution is -2.19. The standard InChI is InChI=1S/C20H17N3O3/c24-18-12-5-4-11-17(18)19(25)21-15-9-6-10-16(13-15)23-20(26)22-14-7-2-1-3-8-14/h1-13,24H,(H,21,25)(H2,22,23,26). The van der Waals surface area contributed by atoms with Crippen LogP contribution in [0.5, 0.6) is 5.75 Å². The molecule has 0 aliphatic heterocycles. The Labute approximate surface area is 150 Å². The van der Waals surface area contributed by atoms with Crippen LogP contribution in [0.3, 0.4) is 0 Å². The van der Waals surface area contributed by atoms with Crippen molar-refractivity contribution in [1.82, 2.24) is 0 Å². The Morgan fingerprint density at radius 3 is 1.96 bits per heavy atom. The number of phenolic OH excluding ortho intramolecular Hbond substituents is 1. The number of amides is 3. The lowest BCUT2D eigenvalue weighted by Gasteiger charge is -2.10. The molecular formula is C20H17N3O3. The van der Waals surface area contributed by atoms with Gasteiger partial charge in [-0.05, 0) is 42.5 Å². The lowest BCUT2D eigenvalue weighted by molar-refractivity contribution is 0.102. The Balaban J connectivity index is 1.65. The van der Waals surface area contributed by atoms with Gasteiger partial charge in [-0.25, -0.2) is 4.79 Å². The quantitative estimate of drug-likeness (QED) is 0.567. The predicted octanol–water partition coefficient (Wildman–Crippen LogP) is 4.29. The van der Waals surface area contributed by atoms with E-state index >= 15 is 0 Å². The van der Waals surface area contributed by atoms with Crippen LogP contribution in [0.4, 0.5) is 21.9 Å². The summed E-state index contributed by atoms with van der Waals surface area (Å²) in [6.07, 6.45) is 0. The highest BCUT2D eigenvalue weighted by Crippen LogP contribution is 2.20. The summed E-state index contributed by atoms with van der Waals surface area (Å²) in [6, 6.07) is 21.7. The van der Waals surface area contributed by atoms with E-state index in [1.54, 1.807) is 48.5 Å². The van der Waals surface area contributed by atoms with E-state index < -0.39 is 5.91 Å². The first-order valence-corrected chi connectivity index (χ1v) is 7.94. The molecule has 0 aliphatic rings. The first-order valence-electron chi connectivity index (χ1n) is 7.94. The average Bonchev–Trinajstić information content (AvgIpc) is 2.63. The fourth-order valence-electron chi connectivity index (χ4n) is 2.35. The van der Waals surface area contributed by atoms with Crippen LogP contribution in [-0.4, -0.2) is 17.0 Å².